The predicted octanol–water partition coefficient (Wildman–Crippen LogP) is 2.36. The van der Waals surface area contributed by atoms with Gasteiger partial charge in [-0.25, -0.2) is 4.39 Å². The van der Waals surface area contributed by atoms with Crippen LogP contribution < -0.4 is 11.1 Å². The van der Waals surface area contributed by atoms with E-state index in [0.717, 1.165) is 16.7 Å². The number of benzene rings is 2. The Hall–Kier alpha value is -2.20. The molecule has 1 unspecified atom stereocenters. The SMILES string of the molecule is Cc1cc(F)ccc1CCNC(=O)C(N)Cc1ccccc1. The van der Waals surface area contributed by atoms with Gasteiger partial charge in [-0.05, 0) is 48.6 Å². The molecule has 3 N–H and O–H groups in total. The lowest BCUT2D eigenvalue weighted by Crippen LogP contribution is -2.42. The molecule has 2 aromatic carbocycles. The molecule has 0 radical (unpaired) electrons. The van der Waals surface area contributed by atoms with E-state index in [9.17, 15) is 9.18 Å². The van der Waals surface area contributed by atoms with Crippen molar-refractivity contribution < 1.29 is 9.18 Å². The zero-order chi connectivity index (χ0) is 15.9. The summed E-state index contributed by atoms with van der Waals surface area (Å²) in [6, 6.07) is 13.8. The van der Waals surface area contributed by atoms with Gasteiger partial charge in [0.2, 0.25) is 5.91 Å². The summed E-state index contributed by atoms with van der Waals surface area (Å²) in [6.45, 7) is 2.36. The molecule has 1 atom stereocenters. The molecule has 0 heterocycles. The zero-order valence-corrected chi connectivity index (χ0v) is 12.7. The van der Waals surface area contributed by atoms with Crippen LogP contribution in [0.25, 0.3) is 0 Å². The first-order chi connectivity index (χ1) is 10.6. The highest BCUT2D eigenvalue weighted by Crippen LogP contribution is 2.10. The summed E-state index contributed by atoms with van der Waals surface area (Å²) in [4.78, 5) is 12.0. The van der Waals surface area contributed by atoms with E-state index in [-0.39, 0.29) is 11.7 Å². The van der Waals surface area contributed by atoms with Crippen LogP contribution in [0.5, 0.6) is 0 Å². The first-order valence-electron chi connectivity index (χ1n) is 7.38. The van der Waals surface area contributed by atoms with Crippen molar-refractivity contribution in [1.29, 1.82) is 0 Å². The van der Waals surface area contributed by atoms with E-state index in [1.807, 2.05) is 37.3 Å². The highest BCUT2D eigenvalue weighted by molar-refractivity contribution is 5.81. The molecular formula is C18H21FN2O. The Morgan fingerprint density at radius 3 is 2.64 bits per heavy atom. The second kappa shape index (κ2) is 7.71. The average molecular weight is 300 g/mol. The van der Waals surface area contributed by atoms with Crippen LogP contribution in [0.1, 0.15) is 16.7 Å². The maximum atomic E-state index is 13.0. The lowest BCUT2D eigenvalue weighted by atomic mass is 10.0. The molecule has 0 aliphatic rings. The summed E-state index contributed by atoms with van der Waals surface area (Å²) in [5.74, 6) is -0.404. The number of nitrogens with one attached hydrogen (secondary N) is 1. The third kappa shape index (κ3) is 4.67. The molecule has 1 amide bonds. The summed E-state index contributed by atoms with van der Waals surface area (Å²) >= 11 is 0. The van der Waals surface area contributed by atoms with E-state index in [4.69, 9.17) is 5.73 Å². The van der Waals surface area contributed by atoms with Crippen molar-refractivity contribution in [2.24, 2.45) is 5.73 Å². The molecule has 0 saturated carbocycles. The van der Waals surface area contributed by atoms with E-state index in [2.05, 4.69) is 5.32 Å². The van der Waals surface area contributed by atoms with Gasteiger partial charge in [0.05, 0.1) is 6.04 Å². The molecule has 0 fully saturated rings. The minimum Gasteiger partial charge on any atom is -0.354 e. The summed E-state index contributed by atoms with van der Waals surface area (Å²) in [7, 11) is 0. The standard InChI is InChI=1S/C18H21FN2O/c1-13-11-16(19)8-7-15(13)9-10-21-18(22)17(20)12-14-5-3-2-4-6-14/h2-8,11,17H,9-10,12,20H2,1H3,(H,21,22). The molecule has 0 saturated heterocycles. The van der Waals surface area contributed by atoms with E-state index in [1.165, 1.54) is 12.1 Å². The fourth-order valence-electron chi connectivity index (χ4n) is 2.35. The first kappa shape index (κ1) is 16.2. The van der Waals surface area contributed by atoms with Gasteiger partial charge in [-0.3, -0.25) is 4.79 Å². The van der Waals surface area contributed by atoms with E-state index in [0.29, 0.717) is 19.4 Å². The third-order valence-corrected chi connectivity index (χ3v) is 3.63. The van der Waals surface area contributed by atoms with Crippen LogP contribution in [0.3, 0.4) is 0 Å². The van der Waals surface area contributed by atoms with E-state index in [1.54, 1.807) is 6.07 Å². The summed E-state index contributed by atoms with van der Waals surface area (Å²) in [5, 5.41) is 2.84. The van der Waals surface area contributed by atoms with Crippen LogP contribution in [0.2, 0.25) is 0 Å². The number of amides is 1. The first-order valence-corrected chi connectivity index (χ1v) is 7.38. The van der Waals surface area contributed by atoms with Gasteiger partial charge in [0.1, 0.15) is 5.82 Å². The average Bonchev–Trinajstić information content (AvgIpc) is 2.50. The minimum atomic E-state index is -0.559. The van der Waals surface area contributed by atoms with Crippen molar-refractivity contribution in [2.45, 2.75) is 25.8 Å². The van der Waals surface area contributed by atoms with Crippen LogP contribution in [-0.2, 0) is 17.6 Å². The fraction of sp³-hybridized carbons (Fsp3) is 0.278. The lowest BCUT2D eigenvalue weighted by molar-refractivity contribution is -0.122. The summed E-state index contributed by atoms with van der Waals surface area (Å²) in [5.41, 5.74) is 8.88. The second-order valence-corrected chi connectivity index (χ2v) is 5.41. The Kier molecular flexibility index (Phi) is 5.67. The van der Waals surface area contributed by atoms with Gasteiger partial charge in [0.25, 0.3) is 0 Å². The van der Waals surface area contributed by atoms with Crippen molar-refractivity contribution in [2.75, 3.05) is 6.54 Å². The van der Waals surface area contributed by atoms with Gasteiger partial charge in [0, 0.05) is 6.54 Å². The van der Waals surface area contributed by atoms with Crippen molar-refractivity contribution >= 4 is 5.91 Å². The van der Waals surface area contributed by atoms with Gasteiger partial charge in [-0.1, -0.05) is 36.4 Å². The number of hydrogen-bond donors (Lipinski definition) is 2. The number of hydrogen-bond acceptors (Lipinski definition) is 2. The van der Waals surface area contributed by atoms with Crippen molar-refractivity contribution in [1.82, 2.24) is 5.32 Å². The van der Waals surface area contributed by atoms with Crippen LogP contribution in [-0.4, -0.2) is 18.5 Å². The smallest absolute Gasteiger partial charge is 0.237 e. The molecule has 4 heteroatoms. The maximum absolute atomic E-state index is 13.0. The van der Waals surface area contributed by atoms with Gasteiger partial charge >= 0.3 is 0 Å². The third-order valence-electron chi connectivity index (χ3n) is 3.63. The molecular weight excluding hydrogens is 279 g/mol. The number of rotatable bonds is 6. The van der Waals surface area contributed by atoms with Gasteiger partial charge < -0.3 is 11.1 Å². The van der Waals surface area contributed by atoms with Crippen LogP contribution in [0, 0.1) is 12.7 Å². The fourth-order valence-corrected chi connectivity index (χ4v) is 2.35. The molecule has 22 heavy (non-hydrogen) atoms. The van der Waals surface area contributed by atoms with Crippen LogP contribution in [0.15, 0.2) is 48.5 Å². The van der Waals surface area contributed by atoms with Crippen molar-refractivity contribution in [3.05, 3.63) is 71.0 Å². The van der Waals surface area contributed by atoms with Gasteiger partial charge in [-0.2, -0.15) is 0 Å². The monoisotopic (exact) mass is 300 g/mol. The Bertz CT molecular complexity index is 628. The largest absolute Gasteiger partial charge is 0.354 e. The zero-order valence-electron chi connectivity index (χ0n) is 12.7. The maximum Gasteiger partial charge on any atom is 0.237 e. The molecule has 3 nitrogen and oxygen atoms in total. The highest BCUT2D eigenvalue weighted by atomic mass is 19.1. The molecule has 0 aromatic heterocycles. The number of halogens is 1. The predicted molar refractivity (Wildman–Crippen MR) is 86.0 cm³/mol. The topological polar surface area (TPSA) is 55.1 Å². The molecule has 0 bridgehead atoms. The number of carbonyl (C=O) groups excluding carboxylic acids is 1. The van der Waals surface area contributed by atoms with E-state index < -0.39 is 6.04 Å². The Morgan fingerprint density at radius 2 is 1.95 bits per heavy atom. The highest BCUT2D eigenvalue weighted by Gasteiger charge is 2.13. The summed E-state index contributed by atoms with van der Waals surface area (Å²) < 4.78 is 13.0. The molecule has 2 aromatic rings. The van der Waals surface area contributed by atoms with Crippen molar-refractivity contribution in [3.63, 3.8) is 0 Å². The summed E-state index contributed by atoms with van der Waals surface area (Å²) in [6.07, 6.45) is 1.18. The Balaban J connectivity index is 1.80. The molecule has 0 spiro atoms. The number of nitrogens with two attached hydrogens (primary N) is 1. The van der Waals surface area contributed by atoms with Crippen molar-refractivity contribution in [3.8, 4) is 0 Å². The quantitative estimate of drug-likeness (QED) is 0.860. The van der Waals surface area contributed by atoms with Gasteiger partial charge in [-0.15, -0.1) is 0 Å². The minimum absolute atomic E-state index is 0.163. The molecule has 116 valence electrons. The molecule has 0 aliphatic heterocycles. The molecule has 2 rings (SSSR count). The van der Waals surface area contributed by atoms with Gasteiger partial charge in [0.15, 0.2) is 0 Å². The second-order valence-electron chi connectivity index (χ2n) is 5.41. The number of aryl methyl sites for hydroxylation is 1. The Labute approximate surface area is 130 Å². The van der Waals surface area contributed by atoms with E-state index >= 15 is 0 Å². The van der Waals surface area contributed by atoms with Crippen LogP contribution in [0.4, 0.5) is 4.39 Å². The lowest BCUT2D eigenvalue weighted by Gasteiger charge is -2.13. The Morgan fingerprint density at radius 1 is 1.23 bits per heavy atom. The number of carbonyl (C=O) groups is 1. The van der Waals surface area contributed by atoms with Crippen LogP contribution >= 0.6 is 0 Å². The normalized spacial score (nSPS) is 12.0. The molecule has 0 aliphatic carbocycles.